The molecule has 1 saturated carbocycles. The van der Waals surface area contributed by atoms with Gasteiger partial charge in [0.1, 0.15) is 0 Å². The Morgan fingerprint density at radius 1 is 1.50 bits per heavy atom. The Morgan fingerprint density at radius 2 is 2.19 bits per heavy atom. The summed E-state index contributed by atoms with van der Waals surface area (Å²) in [6.07, 6.45) is 7.58. The molecular weight excluding hydrogens is 198 g/mol. The SMILES string of the molecule is CC(C)(C)Cc1cncn1CC(N)C1CC1. The predicted octanol–water partition coefficient (Wildman–Crippen LogP) is 2.21. The van der Waals surface area contributed by atoms with Crippen molar-refractivity contribution in [2.24, 2.45) is 17.1 Å². The minimum Gasteiger partial charge on any atom is -0.333 e. The van der Waals surface area contributed by atoms with Gasteiger partial charge in [-0.25, -0.2) is 4.98 Å². The van der Waals surface area contributed by atoms with Crippen LogP contribution in [0, 0.1) is 11.3 Å². The third kappa shape index (κ3) is 3.08. The Balaban J connectivity index is 2.00. The van der Waals surface area contributed by atoms with Crippen LogP contribution in [0.2, 0.25) is 0 Å². The van der Waals surface area contributed by atoms with Crippen LogP contribution in [0.3, 0.4) is 0 Å². The first-order valence-corrected chi connectivity index (χ1v) is 6.20. The molecule has 0 saturated heterocycles. The maximum absolute atomic E-state index is 6.15. The first kappa shape index (κ1) is 11.6. The number of hydrogen-bond donors (Lipinski definition) is 1. The summed E-state index contributed by atoms with van der Waals surface area (Å²) in [4.78, 5) is 4.25. The molecule has 2 rings (SSSR count). The highest BCUT2D eigenvalue weighted by molar-refractivity contribution is 5.02. The molecule has 3 nitrogen and oxygen atoms in total. The van der Waals surface area contributed by atoms with Gasteiger partial charge in [0.05, 0.1) is 6.33 Å². The van der Waals surface area contributed by atoms with Crippen molar-refractivity contribution in [3.05, 3.63) is 18.2 Å². The zero-order valence-electron chi connectivity index (χ0n) is 10.6. The van der Waals surface area contributed by atoms with Gasteiger partial charge in [0.15, 0.2) is 0 Å². The fraction of sp³-hybridized carbons (Fsp3) is 0.769. The van der Waals surface area contributed by atoms with Crippen molar-refractivity contribution in [2.45, 2.75) is 52.6 Å². The molecule has 0 spiro atoms. The van der Waals surface area contributed by atoms with E-state index in [-0.39, 0.29) is 0 Å². The molecule has 1 fully saturated rings. The highest BCUT2D eigenvalue weighted by atomic mass is 15.1. The molecule has 0 radical (unpaired) electrons. The quantitative estimate of drug-likeness (QED) is 0.847. The number of nitrogens with two attached hydrogens (primary N) is 1. The Labute approximate surface area is 98.1 Å². The second-order valence-electron chi connectivity index (χ2n) is 6.28. The van der Waals surface area contributed by atoms with Crippen LogP contribution in [-0.4, -0.2) is 15.6 Å². The average molecular weight is 221 g/mol. The van der Waals surface area contributed by atoms with E-state index in [0.717, 1.165) is 18.9 Å². The van der Waals surface area contributed by atoms with Gasteiger partial charge in [-0.2, -0.15) is 0 Å². The second-order valence-corrected chi connectivity index (χ2v) is 6.28. The Kier molecular flexibility index (Phi) is 3.06. The smallest absolute Gasteiger partial charge is 0.0948 e. The molecule has 16 heavy (non-hydrogen) atoms. The molecule has 1 unspecified atom stereocenters. The van der Waals surface area contributed by atoms with Gasteiger partial charge >= 0.3 is 0 Å². The molecule has 1 aromatic heterocycles. The summed E-state index contributed by atoms with van der Waals surface area (Å²) in [6, 6.07) is 0.313. The lowest BCUT2D eigenvalue weighted by Crippen LogP contribution is -2.29. The fourth-order valence-electron chi connectivity index (χ4n) is 2.10. The van der Waals surface area contributed by atoms with E-state index in [1.54, 1.807) is 0 Å². The molecule has 0 amide bonds. The summed E-state index contributed by atoms with van der Waals surface area (Å²) in [5.74, 6) is 0.755. The van der Waals surface area contributed by atoms with Gasteiger partial charge in [0.2, 0.25) is 0 Å². The standard InChI is InChI=1S/C13H23N3/c1-13(2,3)6-11-7-15-9-16(11)8-12(14)10-4-5-10/h7,9-10,12H,4-6,8,14H2,1-3H3. The number of nitrogens with zero attached hydrogens (tertiary/aromatic N) is 2. The molecule has 1 heterocycles. The molecule has 1 aromatic rings. The maximum atomic E-state index is 6.15. The van der Waals surface area contributed by atoms with Gasteiger partial charge in [-0.05, 0) is 30.6 Å². The molecule has 0 bridgehead atoms. The van der Waals surface area contributed by atoms with Crippen LogP contribution in [-0.2, 0) is 13.0 Å². The molecule has 3 heteroatoms. The monoisotopic (exact) mass is 221 g/mol. The number of aromatic nitrogens is 2. The lowest BCUT2D eigenvalue weighted by atomic mass is 9.91. The van der Waals surface area contributed by atoms with Gasteiger partial charge in [-0.1, -0.05) is 20.8 Å². The summed E-state index contributed by atoms with van der Waals surface area (Å²) in [6.45, 7) is 7.69. The van der Waals surface area contributed by atoms with Crippen LogP contribution in [0.1, 0.15) is 39.3 Å². The van der Waals surface area contributed by atoms with Gasteiger partial charge in [0.25, 0.3) is 0 Å². The second kappa shape index (κ2) is 4.21. The van der Waals surface area contributed by atoms with E-state index in [1.807, 2.05) is 12.5 Å². The Bertz CT molecular complexity index is 344. The molecular formula is C13H23N3. The summed E-state index contributed by atoms with van der Waals surface area (Å²) in [5.41, 5.74) is 7.77. The van der Waals surface area contributed by atoms with Crippen molar-refractivity contribution in [1.82, 2.24) is 9.55 Å². The van der Waals surface area contributed by atoms with Crippen LogP contribution in [0.5, 0.6) is 0 Å². The molecule has 1 atom stereocenters. The number of hydrogen-bond acceptors (Lipinski definition) is 2. The summed E-state index contributed by atoms with van der Waals surface area (Å²) >= 11 is 0. The van der Waals surface area contributed by atoms with Crippen molar-refractivity contribution in [1.29, 1.82) is 0 Å². The Morgan fingerprint density at radius 3 is 2.75 bits per heavy atom. The van der Waals surface area contributed by atoms with Crippen LogP contribution in [0.25, 0.3) is 0 Å². The highest BCUT2D eigenvalue weighted by Gasteiger charge is 2.29. The van der Waals surface area contributed by atoms with Crippen molar-refractivity contribution in [3.63, 3.8) is 0 Å². The minimum absolute atomic E-state index is 0.307. The third-order valence-corrected chi connectivity index (χ3v) is 3.14. The van der Waals surface area contributed by atoms with Crippen LogP contribution >= 0.6 is 0 Å². The third-order valence-electron chi connectivity index (χ3n) is 3.14. The van der Waals surface area contributed by atoms with Gasteiger partial charge in [-0.3, -0.25) is 0 Å². The van der Waals surface area contributed by atoms with E-state index >= 15 is 0 Å². The Hall–Kier alpha value is -0.830. The van der Waals surface area contributed by atoms with E-state index in [2.05, 4.69) is 30.3 Å². The molecule has 1 aliphatic carbocycles. The van der Waals surface area contributed by atoms with Gasteiger partial charge in [0, 0.05) is 24.5 Å². The van der Waals surface area contributed by atoms with E-state index < -0.39 is 0 Å². The van der Waals surface area contributed by atoms with Crippen molar-refractivity contribution in [3.8, 4) is 0 Å². The minimum atomic E-state index is 0.307. The van der Waals surface area contributed by atoms with Crippen molar-refractivity contribution < 1.29 is 0 Å². The predicted molar refractivity (Wildman–Crippen MR) is 66.1 cm³/mol. The topological polar surface area (TPSA) is 43.8 Å². The van der Waals surface area contributed by atoms with Crippen LogP contribution in [0.15, 0.2) is 12.5 Å². The highest BCUT2D eigenvalue weighted by Crippen LogP contribution is 2.32. The van der Waals surface area contributed by atoms with Crippen molar-refractivity contribution in [2.75, 3.05) is 0 Å². The zero-order valence-corrected chi connectivity index (χ0v) is 10.6. The number of rotatable bonds is 4. The molecule has 2 N–H and O–H groups in total. The molecule has 0 aliphatic heterocycles. The van der Waals surface area contributed by atoms with E-state index in [0.29, 0.717) is 11.5 Å². The average Bonchev–Trinajstić information content (AvgIpc) is 2.90. The summed E-state index contributed by atoms with van der Waals surface area (Å²) in [5, 5.41) is 0. The molecule has 90 valence electrons. The van der Waals surface area contributed by atoms with E-state index in [4.69, 9.17) is 5.73 Å². The van der Waals surface area contributed by atoms with E-state index in [9.17, 15) is 0 Å². The zero-order chi connectivity index (χ0) is 11.8. The molecule has 1 aliphatic rings. The van der Waals surface area contributed by atoms with Gasteiger partial charge in [-0.15, -0.1) is 0 Å². The maximum Gasteiger partial charge on any atom is 0.0948 e. The van der Waals surface area contributed by atoms with Gasteiger partial charge < -0.3 is 10.3 Å². The number of imidazole rings is 1. The first-order chi connectivity index (χ1) is 7.46. The van der Waals surface area contributed by atoms with E-state index in [1.165, 1.54) is 18.5 Å². The van der Waals surface area contributed by atoms with Crippen LogP contribution < -0.4 is 5.73 Å². The lowest BCUT2D eigenvalue weighted by molar-refractivity contribution is 0.390. The fourth-order valence-corrected chi connectivity index (χ4v) is 2.10. The normalized spacial score (nSPS) is 18.8. The largest absolute Gasteiger partial charge is 0.333 e. The summed E-state index contributed by atoms with van der Waals surface area (Å²) in [7, 11) is 0. The lowest BCUT2D eigenvalue weighted by Gasteiger charge is -2.20. The first-order valence-electron chi connectivity index (χ1n) is 6.20. The molecule has 0 aromatic carbocycles. The van der Waals surface area contributed by atoms with Crippen molar-refractivity contribution >= 4 is 0 Å². The van der Waals surface area contributed by atoms with Crippen LogP contribution in [0.4, 0.5) is 0 Å². The summed E-state index contributed by atoms with van der Waals surface area (Å²) < 4.78 is 2.23.